The maximum Gasteiger partial charge on any atom is 0.411 e. The highest BCUT2D eigenvalue weighted by Gasteiger charge is 2.48. The zero-order valence-electron chi connectivity index (χ0n) is 12.5. The summed E-state index contributed by atoms with van der Waals surface area (Å²) in [5, 5.41) is 21.4. The van der Waals surface area contributed by atoms with Gasteiger partial charge in [-0.15, -0.1) is 0 Å². The lowest BCUT2D eigenvalue weighted by atomic mass is 10.1. The van der Waals surface area contributed by atoms with Crippen molar-refractivity contribution in [1.29, 1.82) is 5.26 Å². The van der Waals surface area contributed by atoms with Crippen LogP contribution in [0.1, 0.15) is 40.0 Å². The number of amides is 2. The fourth-order valence-corrected chi connectivity index (χ4v) is 2.29. The SMILES string of the molecule is CC(C)(C)OC(=O)N1C[C@@H](O)C[C@H]1C(=O)NC1(C#N)CC1. The summed E-state index contributed by atoms with van der Waals surface area (Å²) < 4.78 is 5.25. The summed E-state index contributed by atoms with van der Waals surface area (Å²) in [6.07, 6.45) is 0.0204. The van der Waals surface area contributed by atoms with Gasteiger partial charge in [-0.25, -0.2) is 4.79 Å². The molecule has 2 aliphatic rings. The number of carbonyl (C=O) groups is 2. The molecule has 0 aromatic rings. The molecule has 1 heterocycles. The van der Waals surface area contributed by atoms with Crippen LogP contribution >= 0.6 is 0 Å². The van der Waals surface area contributed by atoms with E-state index in [1.165, 1.54) is 4.90 Å². The second-order valence-corrected chi connectivity index (χ2v) is 6.72. The first-order valence-corrected chi connectivity index (χ1v) is 7.07. The van der Waals surface area contributed by atoms with Crippen molar-refractivity contribution in [1.82, 2.24) is 10.2 Å². The number of rotatable bonds is 2. The van der Waals surface area contributed by atoms with Crippen LogP contribution < -0.4 is 5.32 Å². The number of aliphatic hydroxyl groups is 1. The molecule has 0 bridgehead atoms. The van der Waals surface area contributed by atoms with E-state index >= 15 is 0 Å². The lowest BCUT2D eigenvalue weighted by molar-refractivity contribution is -0.126. The van der Waals surface area contributed by atoms with Gasteiger partial charge in [0.15, 0.2) is 0 Å². The molecule has 2 fully saturated rings. The summed E-state index contributed by atoms with van der Waals surface area (Å²) in [6.45, 7) is 5.27. The maximum atomic E-state index is 12.3. The van der Waals surface area contributed by atoms with Crippen molar-refractivity contribution in [2.24, 2.45) is 0 Å². The number of ether oxygens (including phenoxy) is 1. The van der Waals surface area contributed by atoms with Gasteiger partial charge in [0, 0.05) is 6.42 Å². The van der Waals surface area contributed by atoms with Crippen LogP contribution in [0.5, 0.6) is 0 Å². The molecule has 0 spiro atoms. The van der Waals surface area contributed by atoms with Crippen molar-refractivity contribution >= 4 is 12.0 Å². The molecule has 2 atom stereocenters. The number of nitrogens with one attached hydrogen (secondary N) is 1. The van der Waals surface area contributed by atoms with Gasteiger partial charge in [-0.1, -0.05) is 0 Å². The number of hydrogen-bond acceptors (Lipinski definition) is 5. The fourth-order valence-electron chi connectivity index (χ4n) is 2.29. The third kappa shape index (κ3) is 3.64. The minimum atomic E-state index is -0.791. The van der Waals surface area contributed by atoms with Gasteiger partial charge in [0.2, 0.25) is 5.91 Å². The number of hydrogen-bond donors (Lipinski definition) is 2. The van der Waals surface area contributed by atoms with E-state index in [4.69, 9.17) is 10.00 Å². The number of β-amino-alcohol motifs (C(OH)–C–C–N with tert-alkyl or cyclic N) is 1. The summed E-state index contributed by atoms with van der Waals surface area (Å²) in [4.78, 5) is 25.6. The molecule has 2 N–H and O–H groups in total. The molecule has 116 valence electrons. The average Bonchev–Trinajstić information content (AvgIpc) is 3.00. The van der Waals surface area contributed by atoms with E-state index in [-0.39, 0.29) is 13.0 Å². The molecule has 0 aromatic heterocycles. The Morgan fingerprint density at radius 2 is 2.05 bits per heavy atom. The highest BCUT2D eigenvalue weighted by atomic mass is 16.6. The molecule has 7 nitrogen and oxygen atoms in total. The van der Waals surface area contributed by atoms with E-state index in [2.05, 4.69) is 11.4 Å². The van der Waals surface area contributed by atoms with Crippen LogP contribution in [0.25, 0.3) is 0 Å². The molecule has 2 amide bonds. The Balaban J connectivity index is 2.04. The van der Waals surface area contributed by atoms with Crippen molar-refractivity contribution in [3.8, 4) is 6.07 Å². The average molecular weight is 295 g/mol. The predicted molar refractivity (Wildman–Crippen MR) is 73.1 cm³/mol. The Morgan fingerprint density at radius 3 is 2.52 bits per heavy atom. The van der Waals surface area contributed by atoms with Crippen molar-refractivity contribution in [2.75, 3.05) is 6.54 Å². The Bertz CT molecular complexity index is 487. The third-order valence-corrected chi connectivity index (χ3v) is 3.54. The maximum absolute atomic E-state index is 12.3. The van der Waals surface area contributed by atoms with Gasteiger partial charge < -0.3 is 15.2 Å². The molecule has 0 aromatic carbocycles. The van der Waals surface area contributed by atoms with E-state index in [0.717, 1.165) is 0 Å². The number of aliphatic hydroxyl groups excluding tert-OH is 1. The van der Waals surface area contributed by atoms with E-state index in [1.807, 2.05) is 0 Å². The van der Waals surface area contributed by atoms with Crippen LogP contribution in [0, 0.1) is 11.3 Å². The summed E-state index contributed by atoms with van der Waals surface area (Å²) in [6, 6.07) is 1.28. The summed E-state index contributed by atoms with van der Waals surface area (Å²) in [7, 11) is 0. The normalized spacial score (nSPS) is 26.9. The molecule has 1 saturated carbocycles. The first-order valence-electron chi connectivity index (χ1n) is 7.07. The number of nitriles is 1. The van der Waals surface area contributed by atoms with Crippen molar-refractivity contribution in [2.45, 2.75) is 63.3 Å². The summed E-state index contributed by atoms with van der Waals surface area (Å²) in [5.74, 6) is -0.406. The van der Waals surface area contributed by atoms with E-state index in [0.29, 0.717) is 12.8 Å². The molecule has 2 rings (SSSR count). The second-order valence-electron chi connectivity index (χ2n) is 6.72. The van der Waals surface area contributed by atoms with Crippen molar-refractivity contribution in [3.05, 3.63) is 0 Å². The first-order chi connectivity index (χ1) is 9.66. The topological polar surface area (TPSA) is 103 Å². The highest BCUT2D eigenvalue weighted by molar-refractivity contribution is 5.87. The predicted octanol–water partition coefficient (Wildman–Crippen LogP) is 0.529. The molecule has 7 heteroatoms. The Hall–Kier alpha value is -1.81. The largest absolute Gasteiger partial charge is 0.444 e. The van der Waals surface area contributed by atoms with Gasteiger partial charge in [0.1, 0.15) is 17.2 Å². The molecule has 21 heavy (non-hydrogen) atoms. The standard InChI is InChI=1S/C14H21N3O4/c1-13(2,3)21-12(20)17-7-9(18)6-10(17)11(19)16-14(8-15)4-5-14/h9-10,18H,4-7H2,1-3H3,(H,16,19)/t9-,10-/m0/s1. The summed E-state index contributed by atoms with van der Waals surface area (Å²) >= 11 is 0. The zero-order valence-corrected chi connectivity index (χ0v) is 12.5. The van der Waals surface area contributed by atoms with Crippen LogP contribution in [0.4, 0.5) is 4.79 Å². The fraction of sp³-hybridized carbons (Fsp3) is 0.786. The molecule has 0 radical (unpaired) electrons. The molecule has 0 unspecified atom stereocenters. The lowest BCUT2D eigenvalue weighted by Gasteiger charge is -2.28. The second kappa shape index (κ2) is 5.19. The smallest absolute Gasteiger partial charge is 0.411 e. The van der Waals surface area contributed by atoms with Crippen LogP contribution in [0.3, 0.4) is 0 Å². The first kappa shape index (κ1) is 15.6. The van der Waals surface area contributed by atoms with Crippen molar-refractivity contribution in [3.63, 3.8) is 0 Å². The number of carbonyl (C=O) groups excluding carboxylic acids is 2. The Morgan fingerprint density at radius 1 is 1.43 bits per heavy atom. The van der Waals surface area contributed by atoms with Gasteiger partial charge in [-0.3, -0.25) is 9.69 Å². The Labute approximate surface area is 123 Å². The minimum Gasteiger partial charge on any atom is -0.444 e. The van der Waals surface area contributed by atoms with Crippen LogP contribution in [-0.2, 0) is 9.53 Å². The van der Waals surface area contributed by atoms with E-state index in [9.17, 15) is 14.7 Å². The number of nitrogens with zero attached hydrogens (tertiary/aromatic N) is 2. The number of likely N-dealkylation sites (tertiary alicyclic amines) is 1. The lowest BCUT2D eigenvalue weighted by Crippen LogP contribution is -2.50. The van der Waals surface area contributed by atoms with Crippen LogP contribution in [-0.4, -0.2) is 51.8 Å². The molecule has 1 aliphatic carbocycles. The van der Waals surface area contributed by atoms with Gasteiger partial charge in [-0.2, -0.15) is 5.26 Å². The Kier molecular flexibility index (Phi) is 3.85. The molecule has 1 aliphatic heterocycles. The van der Waals surface area contributed by atoms with E-state index in [1.54, 1.807) is 20.8 Å². The molecular weight excluding hydrogens is 274 g/mol. The monoisotopic (exact) mass is 295 g/mol. The zero-order chi connectivity index (χ0) is 15.8. The van der Waals surface area contributed by atoms with Crippen LogP contribution in [0.2, 0.25) is 0 Å². The van der Waals surface area contributed by atoms with Gasteiger partial charge in [-0.05, 0) is 33.6 Å². The minimum absolute atomic E-state index is 0.0621. The molecular formula is C14H21N3O4. The van der Waals surface area contributed by atoms with Gasteiger partial charge in [0.05, 0.1) is 18.7 Å². The quantitative estimate of drug-likeness (QED) is 0.773. The highest BCUT2D eigenvalue weighted by Crippen LogP contribution is 2.35. The molecule has 1 saturated heterocycles. The van der Waals surface area contributed by atoms with Crippen molar-refractivity contribution < 1.29 is 19.4 Å². The third-order valence-electron chi connectivity index (χ3n) is 3.54. The van der Waals surface area contributed by atoms with E-state index < -0.39 is 35.3 Å². The summed E-state index contributed by atoms with van der Waals surface area (Å²) in [5.41, 5.74) is -1.46. The van der Waals surface area contributed by atoms with Gasteiger partial charge in [0.25, 0.3) is 0 Å². The van der Waals surface area contributed by atoms with Crippen LogP contribution in [0.15, 0.2) is 0 Å². The van der Waals surface area contributed by atoms with Gasteiger partial charge >= 0.3 is 6.09 Å².